The van der Waals surface area contributed by atoms with Crippen molar-refractivity contribution in [3.05, 3.63) is 64.1 Å². The van der Waals surface area contributed by atoms with Crippen LogP contribution in [0.15, 0.2) is 43.0 Å². The van der Waals surface area contributed by atoms with Crippen LogP contribution >= 0.6 is 11.3 Å². The predicted molar refractivity (Wildman–Crippen MR) is 130 cm³/mol. The van der Waals surface area contributed by atoms with Crippen LogP contribution in [0.25, 0.3) is 0 Å². The number of aryl methyl sites for hydroxylation is 1. The maximum Gasteiger partial charge on any atom is 0.491 e. The van der Waals surface area contributed by atoms with Crippen LogP contribution in [0.2, 0.25) is 0 Å². The van der Waals surface area contributed by atoms with Crippen LogP contribution in [0, 0.1) is 11.2 Å². The lowest BCUT2D eigenvalue weighted by Crippen LogP contribution is -2.47. The average Bonchev–Trinajstić information content (AvgIpc) is 3.34. The van der Waals surface area contributed by atoms with Gasteiger partial charge >= 0.3 is 30.1 Å². The second-order valence-corrected chi connectivity index (χ2v) is 9.03. The number of thiophene rings is 1. The summed E-state index contributed by atoms with van der Waals surface area (Å²) in [7, 11) is 0. The van der Waals surface area contributed by atoms with Crippen molar-refractivity contribution in [2.24, 2.45) is 5.73 Å². The Morgan fingerprint density at radius 1 is 1.18 bits per heavy atom. The number of aliphatic carboxylic acids is 1. The molecule has 0 fully saturated rings. The summed E-state index contributed by atoms with van der Waals surface area (Å²) in [4.78, 5) is 60.6. The van der Waals surface area contributed by atoms with Crippen LogP contribution in [0.1, 0.15) is 33.0 Å². The number of nitrogens with one attached hydrogen (secondary N) is 1. The molecule has 11 nitrogen and oxygen atoms in total. The molecular weight excluding hydrogens is 566 g/mol. The van der Waals surface area contributed by atoms with E-state index in [0.29, 0.717) is 9.78 Å². The summed E-state index contributed by atoms with van der Waals surface area (Å²) in [6, 6.07) is 4.19. The highest BCUT2D eigenvalue weighted by molar-refractivity contribution is 7.13. The van der Waals surface area contributed by atoms with Crippen LogP contribution in [0.5, 0.6) is 5.75 Å². The van der Waals surface area contributed by atoms with E-state index in [1.807, 2.05) is 0 Å². The lowest BCUT2D eigenvalue weighted by atomic mass is 10.1. The number of nitrogens with zero attached hydrogens (tertiary/aromatic N) is 1. The molecule has 0 radical (unpaired) electrons. The molecule has 0 aliphatic rings. The van der Waals surface area contributed by atoms with Gasteiger partial charge in [-0.05, 0) is 36.8 Å². The van der Waals surface area contributed by atoms with Crippen molar-refractivity contribution in [3.8, 4) is 5.75 Å². The summed E-state index contributed by atoms with van der Waals surface area (Å²) in [5.74, 6) is -9.82. The Balaban J connectivity index is 2.05. The fraction of sp³-hybridized carbons (Fsp3) is 0.250. The van der Waals surface area contributed by atoms with E-state index in [0.717, 1.165) is 29.5 Å². The van der Waals surface area contributed by atoms with Gasteiger partial charge < -0.3 is 25.2 Å². The van der Waals surface area contributed by atoms with Gasteiger partial charge in [-0.3, -0.25) is 15.0 Å². The molecule has 2 aromatic rings. The molecule has 0 saturated carbocycles. The Morgan fingerprint density at radius 2 is 1.85 bits per heavy atom. The monoisotopic (exact) mass is 587 g/mol. The summed E-state index contributed by atoms with van der Waals surface area (Å²) in [5.41, 5.74) is 5.36. The Morgan fingerprint density at radius 3 is 2.40 bits per heavy atom. The fourth-order valence-electron chi connectivity index (χ4n) is 3.13. The second-order valence-electron chi connectivity index (χ2n) is 7.87. The van der Waals surface area contributed by atoms with Gasteiger partial charge in [0, 0.05) is 23.4 Å². The summed E-state index contributed by atoms with van der Waals surface area (Å²) >= 11 is 0.899. The van der Waals surface area contributed by atoms with Gasteiger partial charge in [0.25, 0.3) is 0 Å². The van der Waals surface area contributed by atoms with Crippen molar-refractivity contribution in [1.29, 1.82) is 5.41 Å². The van der Waals surface area contributed by atoms with Gasteiger partial charge in [-0.2, -0.15) is 13.2 Å². The molecule has 0 bridgehead atoms. The standard InChI is InChI=1S/C24H21F4N3O8S/c1-2-9-31(15(21(34)35)11-19(33)39-23(37)24(26,27)28)18(32)8-5-13-4-7-17(40-13)22(36)38-16-6-3-12(20(29)30)10-14(16)25/h2-4,6-7,10,15H,1,5,8-9,11H2,(H3,29,30)(H,34,35)/t15-/m0/s1. The number of hydrogen-bond donors (Lipinski definition) is 3. The quantitative estimate of drug-likeness (QED) is 0.0641. The average molecular weight is 588 g/mol. The van der Waals surface area contributed by atoms with Gasteiger partial charge in [0.1, 0.15) is 16.8 Å². The first-order chi connectivity index (χ1) is 18.6. The molecule has 0 unspecified atom stereocenters. The third-order valence-electron chi connectivity index (χ3n) is 5.00. The van der Waals surface area contributed by atoms with Gasteiger partial charge in [0.2, 0.25) is 5.91 Å². The molecule has 2 rings (SSSR count). The normalized spacial score (nSPS) is 11.7. The first kappa shape index (κ1) is 31.6. The molecular formula is C24H21F4N3O8S. The molecule has 1 aromatic heterocycles. The van der Waals surface area contributed by atoms with E-state index < -0.39 is 66.5 Å². The third kappa shape index (κ3) is 8.72. The lowest BCUT2D eigenvalue weighted by Gasteiger charge is -2.27. The van der Waals surface area contributed by atoms with Gasteiger partial charge in [-0.15, -0.1) is 17.9 Å². The summed E-state index contributed by atoms with van der Waals surface area (Å²) in [6.45, 7) is 2.98. The second kappa shape index (κ2) is 13.5. The number of ether oxygens (including phenoxy) is 2. The van der Waals surface area contributed by atoms with E-state index in [4.69, 9.17) is 15.9 Å². The Kier molecular flexibility index (Phi) is 10.6. The van der Waals surface area contributed by atoms with Gasteiger partial charge in [0.05, 0.1) is 6.42 Å². The zero-order valence-electron chi connectivity index (χ0n) is 20.3. The number of esters is 3. The van der Waals surface area contributed by atoms with Crippen molar-refractivity contribution in [2.45, 2.75) is 31.5 Å². The van der Waals surface area contributed by atoms with E-state index >= 15 is 0 Å². The topological polar surface area (TPSA) is 177 Å². The maximum atomic E-state index is 14.1. The number of rotatable bonds is 12. The minimum atomic E-state index is -5.48. The van der Waals surface area contributed by atoms with Crippen molar-refractivity contribution >= 4 is 47.0 Å². The lowest BCUT2D eigenvalue weighted by molar-refractivity contribution is -0.202. The van der Waals surface area contributed by atoms with Gasteiger partial charge in [-0.1, -0.05) is 6.08 Å². The van der Waals surface area contributed by atoms with Crippen LogP contribution < -0.4 is 10.5 Å². The number of nitrogen functional groups attached to an aromatic ring is 1. The zero-order chi connectivity index (χ0) is 30.2. The molecule has 0 saturated heterocycles. The van der Waals surface area contributed by atoms with Gasteiger partial charge in [-0.25, -0.2) is 18.8 Å². The summed E-state index contributed by atoms with van der Waals surface area (Å²) in [5, 5.41) is 16.8. The molecule has 1 atom stereocenters. The number of carbonyl (C=O) groups excluding carboxylic acids is 4. The molecule has 1 aromatic carbocycles. The number of hydrogen-bond acceptors (Lipinski definition) is 9. The Labute approximate surface area is 227 Å². The van der Waals surface area contributed by atoms with Crippen molar-refractivity contribution in [2.75, 3.05) is 6.54 Å². The highest BCUT2D eigenvalue weighted by atomic mass is 32.1. The van der Waals surface area contributed by atoms with Crippen molar-refractivity contribution in [3.63, 3.8) is 0 Å². The number of carboxylic acid groups (broad SMARTS) is 1. The maximum absolute atomic E-state index is 14.1. The van der Waals surface area contributed by atoms with Crippen molar-refractivity contribution < 1.29 is 56.1 Å². The van der Waals surface area contributed by atoms with Gasteiger partial charge in [0.15, 0.2) is 11.6 Å². The van der Waals surface area contributed by atoms with E-state index in [1.165, 1.54) is 18.2 Å². The number of amidine groups is 1. The molecule has 1 amide bonds. The number of halogens is 4. The number of alkyl halides is 3. The zero-order valence-corrected chi connectivity index (χ0v) is 21.1. The van der Waals surface area contributed by atoms with Crippen LogP contribution in [-0.4, -0.2) is 64.4 Å². The SMILES string of the molecule is C=CCN(C(=O)CCc1ccc(C(=O)Oc2ccc(C(=N)N)cc2F)s1)[C@@H](CC(=O)OC(=O)C(F)(F)F)C(=O)O. The number of amides is 1. The minimum Gasteiger partial charge on any atom is -0.480 e. The fourth-order valence-corrected chi connectivity index (χ4v) is 4.01. The molecule has 214 valence electrons. The first-order valence-electron chi connectivity index (χ1n) is 11.0. The highest BCUT2D eigenvalue weighted by Gasteiger charge is 2.43. The van der Waals surface area contributed by atoms with Crippen LogP contribution in [0.4, 0.5) is 17.6 Å². The molecule has 0 aliphatic heterocycles. The van der Waals surface area contributed by atoms with Crippen LogP contribution in [0.3, 0.4) is 0 Å². The van der Waals surface area contributed by atoms with E-state index in [2.05, 4.69) is 11.3 Å². The number of carbonyl (C=O) groups is 5. The van der Waals surface area contributed by atoms with Crippen LogP contribution in [-0.2, 0) is 30.3 Å². The third-order valence-corrected chi connectivity index (χ3v) is 6.12. The molecule has 4 N–H and O–H groups in total. The largest absolute Gasteiger partial charge is 0.491 e. The summed E-state index contributed by atoms with van der Waals surface area (Å²) in [6.07, 6.45) is -5.96. The van der Waals surface area contributed by atoms with E-state index in [-0.39, 0.29) is 29.1 Å². The smallest absolute Gasteiger partial charge is 0.480 e. The molecule has 16 heteroatoms. The number of carboxylic acids is 1. The number of nitrogens with two attached hydrogens (primary N) is 1. The first-order valence-corrected chi connectivity index (χ1v) is 11.9. The van der Waals surface area contributed by atoms with Crippen molar-refractivity contribution in [1.82, 2.24) is 4.90 Å². The Hall–Kier alpha value is -4.60. The van der Waals surface area contributed by atoms with E-state index in [1.54, 1.807) is 0 Å². The highest BCUT2D eigenvalue weighted by Crippen LogP contribution is 2.24. The molecule has 0 spiro atoms. The molecule has 1 heterocycles. The summed E-state index contributed by atoms with van der Waals surface area (Å²) < 4.78 is 59.7. The molecule has 0 aliphatic carbocycles. The minimum absolute atomic E-state index is 0.0184. The van der Waals surface area contributed by atoms with E-state index in [9.17, 15) is 46.6 Å². The molecule has 40 heavy (non-hydrogen) atoms. The number of benzene rings is 1. The Bertz CT molecular complexity index is 1340. The predicted octanol–water partition coefficient (Wildman–Crippen LogP) is 2.81.